The third kappa shape index (κ3) is 7.82. The van der Waals surface area contributed by atoms with Gasteiger partial charge in [0.2, 0.25) is 11.8 Å². The predicted octanol–water partition coefficient (Wildman–Crippen LogP) is 7.49. The summed E-state index contributed by atoms with van der Waals surface area (Å²) in [5, 5.41) is 10.1. The fourth-order valence-corrected chi connectivity index (χ4v) is 6.76. The van der Waals surface area contributed by atoms with Gasteiger partial charge in [-0.25, -0.2) is 0 Å². The van der Waals surface area contributed by atoms with E-state index in [0.29, 0.717) is 10.0 Å². The van der Waals surface area contributed by atoms with Crippen molar-refractivity contribution < 1.29 is 9.59 Å². The summed E-state index contributed by atoms with van der Waals surface area (Å²) in [4.78, 5) is 28.6. The monoisotopic (exact) mass is 593 g/mol. The quantitative estimate of drug-likeness (QED) is 0.270. The average Bonchev–Trinajstić information content (AvgIpc) is 2.98. The highest BCUT2D eigenvalue weighted by atomic mass is 35.5. The molecule has 0 bridgehead atoms. The molecule has 2 aliphatic rings. The number of hydrogen-bond acceptors (Lipinski definition) is 3. The Hall–Kier alpha value is -2.60. The maximum atomic E-state index is 13.3. The van der Waals surface area contributed by atoms with Gasteiger partial charge in [-0.3, -0.25) is 9.59 Å². The van der Waals surface area contributed by atoms with E-state index in [4.69, 9.17) is 23.2 Å². The van der Waals surface area contributed by atoms with Crippen LogP contribution in [0.4, 0.5) is 0 Å². The predicted molar refractivity (Wildman–Crippen MR) is 168 cm³/mol. The van der Waals surface area contributed by atoms with E-state index in [1.54, 1.807) is 12.1 Å². The van der Waals surface area contributed by atoms with E-state index in [9.17, 15) is 9.59 Å². The number of nitrogens with zero attached hydrogens (tertiary/aromatic N) is 1. The molecule has 1 aliphatic carbocycles. The lowest BCUT2D eigenvalue weighted by Gasteiger charge is -2.40. The summed E-state index contributed by atoms with van der Waals surface area (Å²) < 4.78 is 0. The zero-order valence-electron chi connectivity index (χ0n) is 23.9. The SMILES string of the molecule is CC1(NC(=O)Cc2ccc(Cl)c(Cl)c2)CCN(CC[C@H](NC(=O)C2CCCCC2)c2cccc3ccccc23)CC1. The molecule has 1 atom stereocenters. The number of benzene rings is 3. The van der Waals surface area contributed by atoms with Gasteiger partial charge in [-0.2, -0.15) is 0 Å². The first-order valence-electron chi connectivity index (χ1n) is 15.0. The van der Waals surface area contributed by atoms with Crippen molar-refractivity contribution in [1.29, 1.82) is 0 Å². The topological polar surface area (TPSA) is 61.4 Å². The molecule has 0 spiro atoms. The Balaban J connectivity index is 1.19. The highest BCUT2D eigenvalue weighted by molar-refractivity contribution is 6.42. The lowest BCUT2D eigenvalue weighted by atomic mass is 9.87. The van der Waals surface area contributed by atoms with Crippen LogP contribution in [0.3, 0.4) is 0 Å². The third-order valence-corrected chi connectivity index (χ3v) is 9.71. The Kier molecular flexibility index (Phi) is 9.90. The molecule has 0 aromatic heterocycles. The number of hydrogen-bond donors (Lipinski definition) is 2. The minimum atomic E-state index is -0.242. The van der Waals surface area contributed by atoms with E-state index < -0.39 is 0 Å². The second-order valence-corrected chi connectivity index (χ2v) is 12.9. The van der Waals surface area contributed by atoms with Crippen molar-refractivity contribution in [2.24, 2.45) is 5.92 Å². The molecule has 5 rings (SSSR count). The summed E-state index contributed by atoms with van der Waals surface area (Å²) >= 11 is 12.1. The van der Waals surface area contributed by atoms with Gasteiger partial charge >= 0.3 is 0 Å². The number of halogens is 2. The summed E-state index contributed by atoms with van der Waals surface area (Å²) in [6.07, 6.45) is 8.42. The molecule has 41 heavy (non-hydrogen) atoms. The van der Waals surface area contributed by atoms with Crippen molar-refractivity contribution in [2.75, 3.05) is 19.6 Å². The first kappa shape index (κ1) is 29.9. The van der Waals surface area contributed by atoms with Crippen LogP contribution < -0.4 is 10.6 Å². The lowest BCUT2D eigenvalue weighted by molar-refractivity contribution is -0.126. The third-order valence-electron chi connectivity index (χ3n) is 8.97. The van der Waals surface area contributed by atoms with E-state index in [-0.39, 0.29) is 35.7 Å². The molecule has 2 N–H and O–H groups in total. The van der Waals surface area contributed by atoms with Gasteiger partial charge in [0.1, 0.15) is 0 Å². The highest BCUT2D eigenvalue weighted by Gasteiger charge is 2.32. The summed E-state index contributed by atoms with van der Waals surface area (Å²) in [5.41, 5.74) is 1.81. The Labute approximate surface area is 254 Å². The molecule has 2 amide bonds. The minimum absolute atomic E-state index is 0.000726. The number of piperidine rings is 1. The molecule has 7 heteroatoms. The zero-order chi connectivity index (χ0) is 28.8. The molecule has 3 aromatic rings. The lowest BCUT2D eigenvalue weighted by Crippen LogP contribution is -2.54. The van der Waals surface area contributed by atoms with Crippen molar-refractivity contribution in [2.45, 2.75) is 76.3 Å². The molecule has 218 valence electrons. The number of likely N-dealkylation sites (tertiary alicyclic amines) is 1. The minimum Gasteiger partial charge on any atom is -0.351 e. The van der Waals surface area contributed by atoms with Crippen LogP contribution in [-0.4, -0.2) is 41.9 Å². The molecule has 1 heterocycles. The second-order valence-electron chi connectivity index (χ2n) is 12.1. The number of rotatable bonds is 9. The zero-order valence-corrected chi connectivity index (χ0v) is 25.4. The van der Waals surface area contributed by atoms with Gasteiger partial charge in [0, 0.05) is 31.1 Å². The molecule has 0 unspecified atom stereocenters. The Morgan fingerprint density at radius 2 is 1.68 bits per heavy atom. The molecule has 1 saturated heterocycles. The first-order valence-corrected chi connectivity index (χ1v) is 15.8. The smallest absolute Gasteiger partial charge is 0.224 e. The maximum Gasteiger partial charge on any atom is 0.224 e. The Morgan fingerprint density at radius 3 is 2.44 bits per heavy atom. The molecular formula is C34H41Cl2N3O2. The van der Waals surface area contributed by atoms with E-state index in [2.05, 4.69) is 64.9 Å². The van der Waals surface area contributed by atoms with Gasteiger partial charge in [0.15, 0.2) is 0 Å². The largest absolute Gasteiger partial charge is 0.351 e. The van der Waals surface area contributed by atoms with E-state index >= 15 is 0 Å². The summed E-state index contributed by atoms with van der Waals surface area (Å²) in [6.45, 7) is 4.84. The van der Waals surface area contributed by atoms with Crippen LogP contribution in [0.15, 0.2) is 60.7 Å². The number of carbonyl (C=O) groups excluding carboxylic acids is 2. The molecule has 0 radical (unpaired) electrons. The van der Waals surface area contributed by atoms with Gasteiger partial charge in [-0.1, -0.05) is 91.0 Å². The van der Waals surface area contributed by atoms with Gasteiger partial charge in [-0.05, 0) is 73.1 Å². The molecule has 1 saturated carbocycles. The van der Waals surface area contributed by atoms with Crippen molar-refractivity contribution in [3.8, 4) is 0 Å². The molecule has 2 fully saturated rings. The summed E-state index contributed by atoms with van der Waals surface area (Å²) in [6, 6.07) is 20.2. The van der Waals surface area contributed by atoms with Gasteiger partial charge in [0.25, 0.3) is 0 Å². The van der Waals surface area contributed by atoms with Crippen LogP contribution in [0.25, 0.3) is 10.8 Å². The van der Waals surface area contributed by atoms with Crippen molar-refractivity contribution in [3.05, 3.63) is 81.8 Å². The van der Waals surface area contributed by atoms with Crippen molar-refractivity contribution >= 4 is 45.8 Å². The van der Waals surface area contributed by atoms with Crippen LogP contribution in [-0.2, 0) is 16.0 Å². The number of fused-ring (bicyclic) bond motifs is 1. The van der Waals surface area contributed by atoms with Crippen LogP contribution in [0, 0.1) is 5.92 Å². The first-order chi connectivity index (χ1) is 19.8. The number of nitrogens with one attached hydrogen (secondary N) is 2. The number of carbonyl (C=O) groups is 2. The molecule has 3 aromatic carbocycles. The van der Waals surface area contributed by atoms with Crippen LogP contribution in [0.1, 0.15) is 75.5 Å². The summed E-state index contributed by atoms with van der Waals surface area (Å²) in [5.74, 6) is 0.337. The van der Waals surface area contributed by atoms with Crippen LogP contribution >= 0.6 is 23.2 Å². The van der Waals surface area contributed by atoms with E-state index in [1.165, 1.54) is 22.8 Å². The Bertz CT molecular complexity index is 1360. The average molecular weight is 595 g/mol. The van der Waals surface area contributed by atoms with Crippen molar-refractivity contribution in [3.63, 3.8) is 0 Å². The normalized spacial score (nSPS) is 18.6. The summed E-state index contributed by atoms with van der Waals surface area (Å²) in [7, 11) is 0. The van der Waals surface area contributed by atoms with Gasteiger partial charge < -0.3 is 15.5 Å². The molecular weight excluding hydrogens is 553 g/mol. The fraction of sp³-hybridized carbons (Fsp3) is 0.471. The standard InChI is InChI=1S/C34H41Cl2N3O2/c1-34(38-32(40)23-24-14-15-29(35)30(36)22-24)17-20-39(21-18-34)19-16-31(37-33(41)26-9-3-2-4-10-26)28-13-7-11-25-8-5-6-12-27(25)28/h5-8,11-15,22,26,31H,2-4,9-10,16-21,23H2,1H3,(H,37,41)(H,38,40)/t31-/m0/s1. The maximum absolute atomic E-state index is 13.3. The highest BCUT2D eigenvalue weighted by Crippen LogP contribution is 2.30. The van der Waals surface area contributed by atoms with Crippen LogP contribution in [0.2, 0.25) is 10.0 Å². The second kappa shape index (κ2) is 13.6. The van der Waals surface area contributed by atoms with E-state index in [0.717, 1.165) is 70.1 Å². The van der Waals surface area contributed by atoms with Crippen molar-refractivity contribution in [1.82, 2.24) is 15.5 Å². The fourth-order valence-electron chi connectivity index (χ4n) is 6.44. The molecule has 1 aliphatic heterocycles. The van der Waals surface area contributed by atoms with Gasteiger partial charge in [0.05, 0.1) is 22.5 Å². The van der Waals surface area contributed by atoms with Crippen LogP contribution in [0.5, 0.6) is 0 Å². The number of amides is 2. The Morgan fingerprint density at radius 1 is 0.951 bits per heavy atom. The van der Waals surface area contributed by atoms with Gasteiger partial charge in [-0.15, -0.1) is 0 Å². The molecule has 5 nitrogen and oxygen atoms in total. The van der Waals surface area contributed by atoms with E-state index in [1.807, 2.05) is 6.07 Å².